The van der Waals surface area contributed by atoms with Crippen molar-refractivity contribution in [2.75, 3.05) is 0 Å². The van der Waals surface area contributed by atoms with Gasteiger partial charge in [-0.15, -0.1) is 0 Å². The van der Waals surface area contributed by atoms with E-state index in [9.17, 15) is 0 Å². The number of rotatable bonds is 1. The summed E-state index contributed by atoms with van der Waals surface area (Å²) in [6.45, 7) is 6.52. The van der Waals surface area contributed by atoms with Gasteiger partial charge in [0.2, 0.25) is 0 Å². The van der Waals surface area contributed by atoms with Crippen molar-refractivity contribution in [3.8, 4) is 0 Å². The molecule has 1 unspecified atom stereocenters. The Morgan fingerprint density at radius 1 is 1.33 bits per heavy atom. The van der Waals surface area contributed by atoms with E-state index < -0.39 is 0 Å². The molecule has 0 fully saturated rings. The molecule has 0 saturated carbocycles. The molecular weight excluding hydrogens is 242 g/mol. The van der Waals surface area contributed by atoms with Crippen molar-refractivity contribution >= 4 is 18.7 Å². The molecule has 0 aromatic carbocycles. The molecular formula is C15H19NOS. The van der Waals surface area contributed by atoms with Gasteiger partial charge in [-0.25, -0.2) is 0 Å². The van der Waals surface area contributed by atoms with E-state index in [0.29, 0.717) is 0 Å². The van der Waals surface area contributed by atoms with Gasteiger partial charge in [-0.1, -0.05) is 26.8 Å². The molecule has 18 heavy (non-hydrogen) atoms. The van der Waals surface area contributed by atoms with Gasteiger partial charge in [0, 0.05) is 5.70 Å². The predicted octanol–water partition coefficient (Wildman–Crippen LogP) is 3.79. The van der Waals surface area contributed by atoms with Crippen molar-refractivity contribution < 1.29 is 4.42 Å². The number of allylic oxidation sites excluding steroid dienone is 3. The Hall–Kier alpha value is -1.35. The van der Waals surface area contributed by atoms with E-state index in [4.69, 9.17) is 10.2 Å². The molecule has 0 amide bonds. The van der Waals surface area contributed by atoms with Crippen molar-refractivity contribution in [2.45, 2.75) is 26.0 Å². The van der Waals surface area contributed by atoms with Gasteiger partial charge in [0.1, 0.15) is 5.76 Å². The molecule has 0 aliphatic heterocycles. The van der Waals surface area contributed by atoms with Crippen LogP contribution in [0.5, 0.6) is 0 Å². The van der Waals surface area contributed by atoms with Crippen LogP contribution in [0.15, 0.2) is 51.8 Å². The van der Waals surface area contributed by atoms with Crippen LogP contribution in [0, 0.1) is 5.41 Å². The third-order valence-corrected chi connectivity index (χ3v) is 3.59. The summed E-state index contributed by atoms with van der Waals surface area (Å²) in [4.78, 5) is 0. The lowest BCUT2D eigenvalue weighted by Gasteiger charge is -2.27. The summed E-state index contributed by atoms with van der Waals surface area (Å²) in [5, 5.41) is -0.0683. The number of nitrogens with two attached hydrogens (primary N) is 1. The maximum Gasteiger partial charge on any atom is 0.126 e. The second-order valence-electron chi connectivity index (χ2n) is 5.56. The first kappa shape index (κ1) is 13.1. The molecule has 0 bridgehead atoms. The van der Waals surface area contributed by atoms with Crippen LogP contribution < -0.4 is 5.73 Å². The first-order valence-corrected chi connectivity index (χ1v) is 6.52. The Morgan fingerprint density at radius 2 is 2.06 bits per heavy atom. The topological polar surface area (TPSA) is 39.2 Å². The summed E-state index contributed by atoms with van der Waals surface area (Å²) >= 11 is 4.55. The lowest BCUT2D eigenvalue weighted by Crippen LogP contribution is -2.21. The molecule has 0 radical (unpaired) electrons. The van der Waals surface area contributed by atoms with Crippen molar-refractivity contribution in [3.05, 3.63) is 53.2 Å². The number of hydrogen-bond donors (Lipinski definition) is 2. The molecule has 2 nitrogen and oxygen atoms in total. The maximum absolute atomic E-state index is 6.06. The largest absolute Gasteiger partial charge is 0.465 e. The first-order valence-electron chi connectivity index (χ1n) is 6.00. The van der Waals surface area contributed by atoms with E-state index in [1.165, 1.54) is 5.57 Å². The van der Waals surface area contributed by atoms with Gasteiger partial charge in [-0.3, -0.25) is 0 Å². The van der Waals surface area contributed by atoms with Gasteiger partial charge in [-0.2, -0.15) is 12.6 Å². The Balaban J connectivity index is 2.42. The third kappa shape index (κ3) is 2.72. The first-order chi connectivity index (χ1) is 8.38. The summed E-state index contributed by atoms with van der Waals surface area (Å²) in [5.74, 6) is 0.822. The van der Waals surface area contributed by atoms with E-state index in [-0.39, 0.29) is 10.7 Å². The lowest BCUT2D eigenvalue weighted by molar-refractivity contribution is 0.514. The van der Waals surface area contributed by atoms with Crippen LogP contribution in [0.2, 0.25) is 0 Å². The quantitative estimate of drug-likeness (QED) is 0.755. The molecule has 0 saturated heterocycles. The fraction of sp³-hybridized carbons (Fsp3) is 0.333. The molecule has 0 spiro atoms. The summed E-state index contributed by atoms with van der Waals surface area (Å²) in [6, 6.07) is 3.79. The summed E-state index contributed by atoms with van der Waals surface area (Å²) in [5.41, 5.74) is 9.19. The van der Waals surface area contributed by atoms with Gasteiger partial charge >= 0.3 is 0 Å². The zero-order chi connectivity index (χ0) is 13.3. The molecule has 96 valence electrons. The molecule has 1 heterocycles. The lowest BCUT2D eigenvalue weighted by atomic mass is 9.81. The van der Waals surface area contributed by atoms with Crippen molar-refractivity contribution in [1.82, 2.24) is 0 Å². The van der Waals surface area contributed by atoms with Gasteiger partial charge < -0.3 is 10.2 Å². The SMILES string of the molecule is CC(C)(C)C1=CC(=Cc2ccco2)C(S)C(N)=C1. The minimum absolute atomic E-state index is 0.0683. The number of hydrogen-bond acceptors (Lipinski definition) is 3. The van der Waals surface area contributed by atoms with Crippen molar-refractivity contribution in [3.63, 3.8) is 0 Å². The van der Waals surface area contributed by atoms with Crippen LogP contribution in [0.25, 0.3) is 6.08 Å². The monoisotopic (exact) mass is 261 g/mol. The summed E-state index contributed by atoms with van der Waals surface area (Å²) < 4.78 is 5.34. The second kappa shape index (κ2) is 4.73. The molecule has 1 aliphatic carbocycles. The van der Waals surface area contributed by atoms with Crippen molar-refractivity contribution in [1.29, 1.82) is 0 Å². The van der Waals surface area contributed by atoms with Crippen LogP contribution in [0.1, 0.15) is 26.5 Å². The highest BCUT2D eigenvalue weighted by molar-refractivity contribution is 7.81. The van der Waals surface area contributed by atoms with Crippen LogP contribution in [0.3, 0.4) is 0 Å². The zero-order valence-electron chi connectivity index (χ0n) is 11.0. The highest BCUT2D eigenvalue weighted by Crippen LogP contribution is 2.34. The fourth-order valence-corrected chi connectivity index (χ4v) is 2.07. The molecule has 2 N–H and O–H groups in total. The Labute approximate surface area is 114 Å². The number of furan rings is 1. The predicted molar refractivity (Wildman–Crippen MR) is 79.3 cm³/mol. The summed E-state index contributed by atoms with van der Waals surface area (Å²) in [6.07, 6.45) is 7.83. The van der Waals surface area contributed by atoms with Gasteiger partial charge in [-0.05, 0) is 40.8 Å². The van der Waals surface area contributed by atoms with E-state index in [2.05, 4.69) is 39.5 Å². The van der Waals surface area contributed by atoms with Crippen LogP contribution in [-0.2, 0) is 0 Å². The molecule has 1 atom stereocenters. The van der Waals surface area contributed by atoms with Crippen LogP contribution in [-0.4, -0.2) is 5.25 Å². The standard InChI is InChI=1S/C15H19NOS/c1-15(2,3)11-7-10(14(18)13(16)9-11)8-12-5-4-6-17-12/h4-9,14,18H,16H2,1-3H3. The Morgan fingerprint density at radius 3 is 2.61 bits per heavy atom. The number of thiol groups is 1. The van der Waals surface area contributed by atoms with E-state index in [1.54, 1.807) is 6.26 Å². The van der Waals surface area contributed by atoms with E-state index in [1.807, 2.05) is 24.3 Å². The highest BCUT2D eigenvalue weighted by atomic mass is 32.1. The third-order valence-electron chi connectivity index (χ3n) is 2.99. The second-order valence-corrected chi connectivity index (χ2v) is 6.07. The van der Waals surface area contributed by atoms with Gasteiger partial charge in [0.05, 0.1) is 11.5 Å². The van der Waals surface area contributed by atoms with E-state index in [0.717, 1.165) is 17.0 Å². The van der Waals surface area contributed by atoms with Crippen LogP contribution in [0.4, 0.5) is 0 Å². The average Bonchev–Trinajstić information content (AvgIpc) is 2.75. The average molecular weight is 261 g/mol. The fourth-order valence-electron chi connectivity index (χ4n) is 1.84. The van der Waals surface area contributed by atoms with Gasteiger partial charge in [0.15, 0.2) is 0 Å². The molecule has 3 heteroatoms. The minimum Gasteiger partial charge on any atom is -0.465 e. The Bertz CT molecular complexity index is 515. The molecule has 2 rings (SSSR count). The normalized spacial score (nSPS) is 22.9. The Kier molecular flexibility index (Phi) is 3.44. The van der Waals surface area contributed by atoms with Crippen molar-refractivity contribution in [2.24, 2.45) is 11.1 Å². The molecule has 1 aromatic heterocycles. The minimum atomic E-state index is -0.0683. The smallest absolute Gasteiger partial charge is 0.126 e. The maximum atomic E-state index is 6.06. The highest BCUT2D eigenvalue weighted by Gasteiger charge is 2.23. The van der Waals surface area contributed by atoms with Gasteiger partial charge in [0.25, 0.3) is 0 Å². The van der Waals surface area contributed by atoms with E-state index >= 15 is 0 Å². The summed E-state index contributed by atoms with van der Waals surface area (Å²) in [7, 11) is 0. The molecule has 1 aromatic rings. The molecule has 1 aliphatic rings. The van der Waals surface area contributed by atoms with Crippen LogP contribution >= 0.6 is 12.6 Å². The zero-order valence-corrected chi connectivity index (χ0v) is 11.9.